The summed E-state index contributed by atoms with van der Waals surface area (Å²) in [6.07, 6.45) is 0. The van der Waals surface area contributed by atoms with Gasteiger partial charge in [0.1, 0.15) is 5.75 Å². The van der Waals surface area contributed by atoms with Gasteiger partial charge >= 0.3 is 0 Å². The highest BCUT2D eigenvalue weighted by molar-refractivity contribution is 6.03. The highest BCUT2D eigenvalue weighted by Gasteiger charge is 2.35. The number of hydrogen-bond acceptors (Lipinski definition) is 4. The first-order chi connectivity index (χ1) is 12.3. The minimum Gasteiger partial charge on any atom is -0.496 e. The number of amides is 2. The van der Waals surface area contributed by atoms with Crippen LogP contribution in [0, 0.1) is 11.3 Å². The van der Waals surface area contributed by atoms with Crippen molar-refractivity contribution < 1.29 is 14.3 Å². The molecule has 2 rings (SSSR count). The highest BCUT2D eigenvalue weighted by Crippen LogP contribution is 2.27. The Kier molecular flexibility index (Phi) is 5.63. The third kappa shape index (κ3) is 3.67. The second kappa shape index (κ2) is 7.70. The van der Waals surface area contributed by atoms with Crippen LogP contribution in [0.1, 0.15) is 22.8 Å². The van der Waals surface area contributed by atoms with E-state index in [1.807, 2.05) is 6.07 Å². The molecule has 0 saturated heterocycles. The van der Waals surface area contributed by atoms with E-state index in [2.05, 4.69) is 11.4 Å². The smallest absolute Gasteiger partial charge is 0.257 e. The minimum atomic E-state index is -1.35. The van der Waals surface area contributed by atoms with E-state index in [9.17, 15) is 14.9 Å². The molecule has 6 heteroatoms. The summed E-state index contributed by atoms with van der Waals surface area (Å²) >= 11 is 0. The van der Waals surface area contributed by atoms with Crippen LogP contribution in [0.3, 0.4) is 0 Å². The van der Waals surface area contributed by atoms with Crippen molar-refractivity contribution in [1.29, 1.82) is 5.26 Å². The van der Waals surface area contributed by atoms with Crippen molar-refractivity contribution in [3.05, 3.63) is 59.7 Å². The van der Waals surface area contributed by atoms with E-state index < -0.39 is 11.3 Å². The molecule has 2 amide bonds. The first-order valence-corrected chi connectivity index (χ1v) is 8.01. The molecule has 26 heavy (non-hydrogen) atoms. The third-order valence-corrected chi connectivity index (χ3v) is 4.12. The van der Waals surface area contributed by atoms with Crippen molar-refractivity contribution >= 4 is 17.5 Å². The van der Waals surface area contributed by atoms with Gasteiger partial charge in [-0.2, -0.15) is 5.26 Å². The third-order valence-electron chi connectivity index (χ3n) is 4.12. The average Bonchev–Trinajstić information content (AvgIpc) is 2.67. The molecule has 0 fully saturated rings. The molecule has 0 unspecified atom stereocenters. The van der Waals surface area contributed by atoms with Crippen molar-refractivity contribution in [1.82, 2.24) is 4.90 Å². The lowest BCUT2D eigenvalue weighted by Gasteiger charge is -2.22. The summed E-state index contributed by atoms with van der Waals surface area (Å²) in [4.78, 5) is 26.5. The van der Waals surface area contributed by atoms with Crippen LogP contribution in [0.25, 0.3) is 0 Å². The Hall–Kier alpha value is -3.33. The van der Waals surface area contributed by atoms with Crippen molar-refractivity contribution in [2.75, 3.05) is 26.5 Å². The fourth-order valence-corrected chi connectivity index (χ4v) is 2.47. The molecule has 2 aromatic rings. The Morgan fingerprint density at radius 1 is 1.15 bits per heavy atom. The predicted molar refractivity (Wildman–Crippen MR) is 99.0 cm³/mol. The highest BCUT2D eigenvalue weighted by atomic mass is 16.5. The van der Waals surface area contributed by atoms with E-state index in [-0.39, 0.29) is 5.91 Å². The lowest BCUT2D eigenvalue weighted by atomic mass is 9.83. The van der Waals surface area contributed by atoms with Crippen molar-refractivity contribution in [3.63, 3.8) is 0 Å². The van der Waals surface area contributed by atoms with E-state index in [0.29, 0.717) is 22.6 Å². The van der Waals surface area contributed by atoms with Crippen LogP contribution in [-0.2, 0) is 10.2 Å². The molecule has 0 saturated carbocycles. The molecule has 0 heterocycles. The molecular formula is C20H21N3O3. The van der Waals surface area contributed by atoms with Gasteiger partial charge in [0, 0.05) is 19.8 Å². The fraction of sp³-hybridized carbons (Fsp3) is 0.250. The lowest BCUT2D eigenvalue weighted by molar-refractivity contribution is -0.119. The number of benzene rings is 2. The summed E-state index contributed by atoms with van der Waals surface area (Å²) in [5, 5.41) is 12.3. The number of nitriles is 1. The number of ether oxygens (including phenoxy) is 1. The van der Waals surface area contributed by atoms with Gasteiger partial charge in [0.15, 0.2) is 5.41 Å². The molecule has 0 aliphatic heterocycles. The molecule has 0 spiro atoms. The first-order valence-electron chi connectivity index (χ1n) is 8.01. The Bertz CT molecular complexity index is 856. The lowest BCUT2D eigenvalue weighted by Crippen LogP contribution is -2.36. The summed E-state index contributed by atoms with van der Waals surface area (Å²) in [7, 11) is 4.74. The Morgan fingerprint density at radius 3 is 2.35 bits per heavy atom. The largest absolute Gasteiger partial charge is 0.496 e. The van der Waals surface area contributed by atoms with Gasteiger partial charge in [-0.3, -0.25) is 9.59 Å². The van der Waals surface area contributed by atoms with Crippen LogP contribution in [0.15, 0.2) is 48.5 Å². The molecule has 1 atom stereocenters. The number of rotatable bonds is 5. The zero-order chi connectivity index (χ0) is 19.3. The van der Waals surface area contributed by atoms with Crippen molar-refractivity contribution in [3.8, 4) is 11.8 Å². The van der Waals surface area contributed by atoms with Crippen LogP contribution in [0.2, 0.25) is 0 Å². The van der Waals surface area contributed by atoms with Crippen LogP contribution in [0.5, 0.6) is 5.75 Å². The number of nitrogens with one attached hydrogen (secondary N) is 1. The van der Waals surface area contributed by atoms with Gasteiger partial charge in [-0.05, 0) is 30.7 Å². The topological polar surface area (TPSA) is 82.4 Å². The first kappa shape index (κ1) is 19.0. The van der Waals surface area contributed by atoms with Gasteiger partial charge in [-0.1, -0.05) is 30.3 Å². The summed E-state index contributed by atoms with van der Waals surface area (Å²) in [6, 6.07) is 15.7. The number of carbonyl (C=O) groups is 2. The Morgan fingerprint density at radius 2 is 1.81 bits per heavy atom. The molecule has 0 bridgehead atoms. The van der Waals surface area contributed by atoms with Crippen LogP contribution < -0.4 is 10.1 Å². The second-order valence-electron chi connectivity index (χ2n) is 6.17. The molecule has 0 aliphatic rings. The zero-order valence-corrected chi connectivity index (χ0v) is 15.2. The number of methoxy groups -OCH3 is 1. The summed E-state index contributed by atoms with van der Waals surface area (Å²) in [5.74, 6) is -0.309. The number of carbonyl (C=O) groups excluding carboxylic acids is 2. The van der Waals surface area contributed by atoms with E-state index in [1.54, 1.807) is 63.5 Å². The number of hydrogen-bond donors (Lipinski definition) is 1. The molecular weight excluding hydrogens is 330 g/mol. The maximum Gasteiger partial charge on any atom is 0.257 e. The zero-order valence-electron chi connectivity index (χ0n) is 15.2. The number of nitrogens with zero attached hydrogens (tertiary/aromatic N) is 2. The minimum absolute atomic E-state index is 0.246. The van der Waals surface area contributed by atoms with Crippen LogP contribution in [0.4, 0.5) is 5.69 Å². The summed E-state index contributed by atoms with van der Waals surface area (Å²) in [5.41, 5.74) is -0.0161. The van der Waals surface area contributed by atoms with E-state index in [0.717, 1.165) is 0 Å². The molecule has 0 aliphatic carbocycles. The maximum atomic E-state index is 12.8. The fourth-order valence-electron chi connectivity index (χ4n) is 2.47. The predicted octanol–water partition coefficient (Wildman–Crippen LogP) is 2.82. The van der Waals surface area contributed by atoms with Gasteiger partial charge in [-0.15, -0.1) is 0 Å². The van der Waals surface area contributed by atoms with Crippen molar-refractivity contribution in [2.45, 2.75) is 12.3 Å². The van der Waals surface area contributed by atoms with E-state index >= 15 is 0 Å². The van der Waals surface area contributed by atoms with Gasteiger partial charge in [0.2, 0.25) is 5.91 Å². The van der Waals surface area contributed by atoms with Crippen LogP contribution in [-0.4, -0.2) is 37.9 Å². The van der Waals surface area contributed by atoms with Gasteiger partial charge in [0.05, 0.1) is 18.7 Å². The van der Waals surface area contributed by atoms with Gasteiger partial charge in [0.25, 0.3) is 5.91 Å². The number of anilines is 1. The maximum absolute atomic E-state index is 12.8. The summed E-state index contributed by atoms with van der Waals surface area (Å²) < 4.78 is 5.22. The molecule has 0 radical (unpaired) electrons. The quantitative estimate of drug-likeness (QED) is 0.898. The van der Waals surface area contributed by atoms with Crippen LogP contribution >= 0.6 is 0 Å². The molecule has 134 valence electrons. The van der Waals surface area contributed by atoms with Gasteiger partial charge < -0.3 is 15.0 Å². The SMILES string of the molecule is COc1ccc(NC(=O)[C@@](C)(C#N)c2ccccc2)cc1C(=O)N(C)C. The molecule has 6 nitrogen and oxygen atoms in total. The normalized spacial score (nSPS) is 12.4. The van der Waals surface area contributed by atoms with Crippen molar-refractivity contribution in [2.24, 2.45) is 0 Å². The standard InChI is InChI=1S/C20H21N3O3/c1-20(13-21,14-8-6-5-7-9-14)19(25)22-15-10-11-17(26-4)16(12-15)18(24)23(2)3/h5-12H,1-4H3,(H,22,25)/t20-/m0/s1. The Labute approximate surface area is 153 Å². The van der Waals surface area contributed by atoms with E-state index in [4.69, 9.17) is 4.74 Å². The summed E-state index contributed by atoms with van der Waals surface area (Å²) in [6.45, 7) is 1.56. The monoisotopic (exact) mass is 351 g/mol. The second-order valence-corrected chi connectivity index (χ2v) is 6.17. The van der Waals surface area contributed by atoms with Gasteiger partial charge in [-0.25, -0.2) is 0 Å². The molecule has 2 aromatic carbocycles. The Balaban J connectivity index is 2.36. The molecule has 0 aromatic heterocycles. The average molecular weight is 351 g/mol. The molecule has 1 N–H and O–H groups in total. The van der Waals surface area contributed by atoms with E-state index in [1.165, 1.54) is 12.0 Å².